The van der Waals surface area contributed by atoms with Crippen LogP contribution in [0.15, 0.2) is 30.3 Å². The van der Waals surface area contributed by atoms with Gasteiger partial charge in [0, 0.05) is 13.1 Å². The minimum atomic E-state index is -0.129. The molecule has 1 heterocycles. The minimum absolute atomic E-state index is 0.0176. The van der Waals surface area contributed by atoms with E-state index in [0.717, 1.165) is 18.5 Å². The number of hydrogen-bond acceptors (Lipinski definition) is 3. The predicted octanol–water partition coefficient (Wildman–Crippen LogP) is 0.543. The zero-order valence-electron chi connectivity index (χ0n) is 12.5. The van der Waals surface area contributed by atoms with Gasteiger partial charge in [0.25, 0.3) is 0 Å². The smallest absolute Gasteiger partial charge is 0.241 e. The summed E-state index contributed by atoms with van der Waals surface area (Å²) in [6.07, 6.45) is 1.22. The van der Waals surface area contributed by atoms with Crippen LogP contribution in [0.25, 0.3) is 0 Å². The lowest BCUT2D eigenvalue weighted by molar-refractivity contribution is -0.132. The Morgan fingerprint density at radius 1 is 1.33 bits per heavy atom. The standard InChI is InChI=1S/C16H23N3O2/c1-16(11-17)7-8-19(12-16)15(21)10-18-14(20)9-13-5-3-2-4-6-13/h2-6H,7-12,17H2,1H3,(H,18,20). The van der Waals surface area contributed by atoms with Crippen molar-refractivity contribution in [1.82, 2.24) is 10.2 Å². The highest BCUT2D eigenvalue weighted by Crippen LogP contribution is 2.28. The van der Waals surface area contributed by atoms with E-state index in [1.54, 1.807) is 4.90 Å². The van der Waals surface area contributed by atoms with Crippen LogP contribution in [0.3, 0.4) is 0 Å². The molecule has 1 atom stereocenters. The van der Waals surface area contributed by atoms with E-state index in [-0.39, 0.29) is 23.8 Å². The summed E-state index contributed by atoms with van der Waals surface area (Å²) in [5, 5.41) is 2.69. The van der Waals surface area contributed by atoms with Crippen molar-refractivity contribution in [3.63, 3.8) is 0 Å². The first kappa shape index (κ1) is 15.5. The van der Waals surface area contributed by atoms with E-state index in [4.69, 9.17) is 5.73 Å². The molecule has 0 aromatic heterocycles. The average Bonchev–Trinajstić information content (AvgIpc) is 2.89. The molecule has 0 saturated carbocycles. The molecule has 1 aromatic carbocycles. The second kappa shape index (κ2) is 6.72. The molecule has 5 heteroatoms. The van der Waals surface area contributed by atoms with Crippen LogP contribution in [0.4, 0.5) is 0 Å². The van der Waals surface area contributed by atoms with E-state index >= 15 is 0 Å². The summed E-state index contributed by atoms with van der Waals surface area (Å²) in [7, 11) is 0. The Balaban J connectivity index is 1.76. The molecule has 1 aliphatic heterocycles. The van der Waals surface area contributed by atoms with Gasteiger partial charge < -0.3 is 16.0 Å². The zero-order chi connectivity index (χ0) is 15.3. The van der Waals surface area contributed by atoms with Crippen LogP contribution in [-0.2, 0) is 16.0 Å². The van der Waals surface area contributed by atoms with Crippen LogP contribution in [0.5, 0.6) is 0 Å². The van der Waals surface area contributed by atoms with Crippen molar-refractivity contribution >= 4 is 11.8 Å². The summed E-state index contributed by atoms with van der Waals surface area (Å²) in [6, 6.07) is 9.49. The molecule has 1 saturated heterocycles. The number of likely N-dealkylation sites (tertiary alicyclic amines) is 1. The summed E-state index contributed by atoms with van der Waals surface area (Å²) in [4.78, 5) is 25.7. The van der Waals surface area contributed by atoms with Crippen LogP contribution < -0.4 is 11.1 Å². The number of rotatable bonds is 5. The SMILES string of the molecule is CC1(CN)CCN(C(=O)CNC(=O)Cc2ccccc2)C1. The molecule has 0 radical (unpaired) electrons. The molecule has 2 rings (SSSR count). The quantitative estimate of drug-likeness (QED) is 0.831. The lowest BCUT2D eigenvalue weighted by Gasteiger charge is -2.22. The van der Waals surface area contributed by atoms with Crippen molar-refractivity contribution in [2.24, 2.45) is 11.1 Å². The molecule has 0 bridgehead atoms. The summed E-state index contributed by atoms with van der Waals surface area (Å²) >= 11 is 0. The molecule has 1 aromatic rings. The second-order valence-electron chi connectivity index (χ2n) is 6.02. The van der Waals surface area contributed by atoms with E-state index < -0.39 is 0 Å². The van der Waals surface area contributed by atoms with Gasteiger partial charge in [-0.2, -0.15) is 0 Å². The van der Waals surface area contributed by atoms with Gasteiger partial charge in [-0.1, -0.05) is 37.3 Å². The highest BCUT2D eigenvalue weighted by molar-refractivity contribution is 5.85. The topological polar surface area (TPSA) is 75.4 Å². The maximum Gasteiger partial charge on any atom is 0.241 e. The van der Waals surface area contributed by atoms with Crippen LogP contribution in [0, 0.1) is 5.41 Å². The van der Waals surface area contributed by atoms with Gasteiger partial charge in [0.1, 0.15) is 0 Å². The van der Waals surface area contributed by atoms with E-state index in [0.29, 0.717) is 19.5 Å². The number of amides is 2. The lowest BCUT2D eigenvalue weighted by Crippen LogP contribution is -2.41. The molecule has 0 aliphatic carbocycles. The Hall–Kier alpha value is -1.88. The van der Waals surface area contributed by atoms with Crippen molar-refractivity contribution < 1.29 is 9.59 Å². The van der Waals surface area contributed by atoms with Gasteiger partial charge >= 0.3 is 0 Å². The maximum absolute atomic E-state index is 12.1. The fourth-order valence-electron chi connectivity index (χ4n) is 2.53. The van der Waals surface area contributed by atoms with Gasteiger partial charge in [-0.25, -0.2) is 0 Å². The average molecular weight is 289 g/mol. The Morgan fingerprint density at radius 2 is 2.05 bits per heavy atom. The zero-order valence-corrected chi connectivity index (χ0v) is 12.5. The summed E-state index contributed by atoms with van der Waals surface area (Å²) in [5.41, 5.74) is 6.69. The maximum atomic E-state index is 12.1. The third-order valence-electron chi connectivity index (χ3n) is 4.05. The molecule has 5 nitrogen and oxygen atoms in total. The number of carbonyl (C=O) groups is 2. The summed E-state index contributed by atoms with van der Waals surface area (Å²) < 4.78 is 0. The van der Waals surface area contributed by atoms with Crippen molar-refractivity contribution in [2.45, 2.75) is 19.8 Å². The Labute approximate surface area is 125 Å². The molecule has 1 unspecified atom stereocenters. The molecule has 1 aliphatic rings. The first-order chi connectivity index (χ1) is 10.0. The number of nitrogens with two attached hydrogens (primary N) is 1. The first-order valence-corrected chi connectivity index (χ1v) is 7.31. The number of carbonyl (C=O) groups excluding carboxylic acids is 2. The minimum Gasteiger partial charge on any atom is -0.347 e. The Kier molecular flexibility index (Phi) is 4.96. The van der Waals surface area contributed by atoms with Gasteiger partial charge in [0.15, 0.2) is 0 Å². The fraction of sp³-hybridized carbons (Fsp3) is 0.500. The van der Waals surface area contributed by atoms with Crippen molar-refractivity contribution in [3.05, 3.63) is 35.9 Å². The molecule has 21 heavy (non-hydrogen) atoms. The molecule has 2 amide bonds. The molecule has 0 spiro atoms. The van der Waals surface area contributed by atoms with Crippen molar-refractivity contribution in [3.8, 4) is 0 Å². The Morgan fingerprint density at radius 3 is 2.67 bits per heavy atom. The monoisotopic (exact) mass is 289 g/mol. The lowest BCUT2D eigenvalue weighted by atomic mass is 9.90. The predicted molar refractivity (Wildman–Crippen MR) is 81.5 cm³/mol. The largest absolute Gasteiger partial charge is 0.347 e. The summed E-state index contributed by atoms with van der Waals surface area (Å²) in [5.74, 6) is -0.163. The van der Waals surface area contributed by atoms with E-state index in [2.05, 4.69) is 12.2 Å². The molecule has 3 N–H and O–H groups in total. The van der Waals surface area contributed by atoms with Gasteiger partial charge in [0.05, 0.1) is 13.0 Å². The molecule has 1 fully saturated rings. The van der Waals surface area contributed by atoms with Crippen LogP contribution in [0.1, 0.15) is 18.9 Å². The van der Waals surface area contributed by atoms with Gasteiger partial charge in [-0.15, -0.1) is 0 Å². The number of hydrogen-bond donors (Lipinski definition) is 2. The number of benzene rings is 1. The second-order valence-corrected chi connectivity index (χ2v) is 6.02. The Bertz CT molecular complexity index is 504. The molecule has 114 valence electrons. The third-order valence-corrected chi connectivity index (χ3v) is 4.05. The van der Waals surface area contributed by atoms with Crippen molar-refractivity contribution in [2.75, 3.05) is 26.2 Å². The third kappa shape index (κ3) is 4.29. The molecular weight excluding hydrogens is 266 g/mol. The van der Waals surface area contributed by atoms with Crippen LogP contribution >= 0.6 is 0 Å². The molecular formula is C16H23N3O2. The van der Waals surface area contributed by atoms with Gasteiger partial charge in [-0.3, -0.25) is 9.59 Å². The summed E-state index contributed by atoms with van der Waals surface area (Å²) in [6.45, 7) is 4.13. The van der Waals surface area contributed by atoms with Gasteiger partial charge in [0.2, 0.25) is 11.8 Å². The first-order valence-electron chi connectivity index (χ1n) is 7.31. The highest BCUT2D eigenvalue weighted by Gasteiger charge is 2.34. The van der Waals surface area contributed by atoms with E-state index in [1.807, 2.05) is 30.3 Å². The van der Waals surface area contributed by atoms with E-state index in [1.165, 1.54) is 0 Å². The van der Waals surface area contributed by atoms with Crippen LogP contribution in [0.2, 0.25) is 0 Å². The number of nitrogens with zero attached hydrogens (tertiary/aromatic N) is 1. The van der Waals surface area contributed by atoms with Gasteiger partial charge in [-0.05, 0) is 23.9 Å². The normalized spacial score (nSPS) is 21.3. The van der Waals surface area contributed by atoms with E-state index in [9.17, 15) is 9.59 Å². The number of nitrogens with one attached hydrogen (secondary N) is 1. The highest BCUT2D eigenvalue weighted by atomic mass is 16.2. The van der Waals surface area contributed by atoms with Crippen molar-refractivity contribution in [1.29, 1.82) is 0 Å². The fourth-order valence-corrected chi connectivity index (χ4v) is 2.53. The van der Waals surface area contributed by atoms with Crippen LogP contribution in [-0.4, -0.2) is 42.9 Å².